The highest BCUT2D eigenvalue weighted by atomic mass is 31.2. The van der Waals surface area contributed by atoms with Crippen molar-refractivity contribution in [2.75, 3.05) is 140 Å². The van der Waals surface area contributed by atoms with Gasteiger partial charge in [-0.1, -0.05) is 33.6 Å². The van der Waals surface area contributed by atoms with E-state index in [2.05, 4.69) is 16.9 Å². The molecule has 6 saturated heterocycles. The van der Waals surface area contributed by atoms with Crippen molar-refractivity contribution in [1.29, 1.82) is 0 Å². The molecular weight excluding hydrogens is 1880 g/mol. The van der Waals surface area contributed by atoms with Crippen molar-refractivity contribution in [3.8, 4) is 0 Å². The van der Waals surface area contributed by atoms with E-state index in [4.69, 9.17) is 93.8 Å². The topological polar surface area (TPSA) is 646 Å². The van der Waals surface area contributed by atoms with E-state index in [-0.39, 0.29) is 178 Å². The maximum absolute atomic E-state index is 14.6. The summed E-state index contributed by atoms with van der Waals surface area (Å²) in [6, 6.07) is -1.14. The molecule has 6 heterocycles. The van der Waals surface area contributed by atoms with Crippen LogP contribution in [0, 0.1) is 17.8 Å². The van der Waals surface area contributed by atoms with E-state index in [1.807, 2.05) is 0 Å². The number of carbonyl (C=O) groups is 8. The average molecular weight is 2040 g/mol. The second-order valence-electron chi connectivity index (χ2n) is 36.2. The lowest BCUT2D eigenvalue weighted by Gasteiger charge is -2.40. The number of nitrogens with zero attached hydrogens (tertiary/aromatic N) is 1. The molecule has 6 rings (SSSR count). The molecule has 6 fully saturated rings. The molecule has 796 valence electrons. The number of aliphatic hydroxyl groups excluding tert-OH is 10. The smallest absolute Gasteiger partial charge is 0.394 e. The van der Waals surface area contributed by atoms with Crippen LogP contribution in [0.5, 0.6) is 0 Å². The molecule has 0 saturated carbocycles. The van der Waals surface area contributed by atoms with Crippen molar-refractivity contribution in [3.63, 3.8) is 0 Å². The molecule has 0 aromatic heterocycles. The minimum Gasteiger partial charge on any atom is -0.394 e. The predicted molar refractivity (Wildman–Crippen MR) is 483 cm³/mol. The van der Waals surface area contributed by atoms with Crippen LogP contribution in [0.2, 0.25) is 0 Å². The van der Waals surface area contributed by atoms with Crippen molar-refractivity contribution >= 4 is 76.1 Å². The van der Waals surface area contributed by atoms with E-state index in [1.165, 1.54) is 14.2 Å². The molecule has 0 aliphatic carbocycles. The molecule has 6 aliphatic heterocycles. The number of rotatable bonds is 75. The van der Waals surface area contributed by atoms with Gasteiger partial charge in [0.2, 0.25) is 25.3 Å². The van der Waals surface area contributed by atoms with Gasteiger partial charge >= 0.3 is 15.6 Å². The summed E-state index contributed by atoms with van der Waals surface area (Å²) < 4.78 is 134. The molecule has 3 amide bonds. The number of amides is 3. The van der Waals surface area contributed by atoms with Crippen LogP contribution in [0.4, 0.5) is 0 Å². The van der Waals surface area contributed by atoms with Gasteiger partial charge < -0.3 is 152 Å². The van der Waals surface area contributed by atoms with Gasteiger partial charge in [-0.2, -0.15) is 0 Å². The Hall–Kier alpha value is -3.80. The Morgan fingerprint density at radius 3 is 1.32 bits per heavy atom. The van der Waals surface area contributed by atoms with E-state index in [0.717, 1.165) is 4.90 Å². The molecule has 0 aromatic carbocycles. The van der Waals surface area contributed by atoms with Crippen LogP contribution in [0.1, 0.15) is 214 Å². The zero-order valence-corrected chi connectivity index (χ0v) is 82.8. The van der Waals surface area contributed by atoms with Gasteiger partial charge in [-0.05, 0) is 104 Å². The predicted octanol–water partition coefficient (Wildman–Crippen LogP) is 2.01. The van der Waals surface area contributed by atoms with Crippen molar-refractivity contribution < 1.29 is 207 Å². The molecule has 27 atom stereocenters. The quantitative estimate of drug-likeness (QED) is 0.0136. The first kappa shape index (κ1) is 122. The van der Waals surface area contributed by atoms with Gasteiger partial charge in [0.25, 0.3) is 0 Å². The number of hydrogen-bond donors (Lipinski definition) is 15. The number of nitrogens with one attached hydrogen (secondary N) is 2. The van der Waals surface area contributed by atoms with Gasteiger partial charge in [0.1, 0.15) is 115 Å². The Kier molecular flexibility index (Phi) is 57.2. The molecule has 0 radical (unpaired) electrons. The molecule has 15 N–H and O–H groups in total. The second-order valence-corrected chi connectivity index (χ2v) is 40.8. The monoisotopic (exact) mass is 2040 g/mol. The van der Waals surface area contributed by atoms with Crippen LogP contribution < -0.4 is 10.6 Å². The number of unbranched alkanes of at least 4 members (excludes halogenated alkanes) is 8. The molecule has 9 unspecified atom stereocenters. The number of β-amino-alcohol motifs (C(OH)–C–C–N with tert-alkyl or cyclic N) is 1. The second kappa shape index (κ2) is 64.2. The van der Waals surface area contributed by atoms with Gasteiger partial charge in [-0.25, -0.2) is 14.0 Å². The Morgan fingerprint density at radius 1 is 0.438 bits per heavy atom. The number of aliphatic hydroxyl groups is 10. The third-order valence-corrected chi connectivity index (χ3v) is 27.6. The summed E-state index contributed by atoms with van der Waals surface area (Å²) >= 11 is 0. The number of likely N-dealkylation sites (tertiary alicyclic amines) is 1. The van der Waals surface area contributed by atoms with Crippen LogP contribution in [-0.4, -0.2) is 397 Å². The maximum Gasteiger partial charge on any atom is 0.499 e. The molecule has 0 bridgehead atoms. The normalized spacial score (nSPS) is 30.3. The minimum absolute atomic E-state index is 0.00182. The van der Waals surface area contributed by atoms with Crippen LogP contribution in [0.25, 0.3) is 0 Å². The summed E-state index contributed by atoms with van der Waals surface area (Å²) in [6.45, 7) is 3.45. The van der Waals surface area contributed by atoms with E-state index in [1.54, 1.807) is 34.6 Å². The minimum atomic E-state index is -5.20. The Bertz CT molecular complexity index is 3460. The zero-order valence-electron chi connectivity index (χ0n) is 80.1. The SMILES string of the molecule is C=P(O)(OC)OC[C@H]1O[C@@H](C)[C@H](OCCOC)[C@@H]1OP(=O)(O)OOC[C@H]1O[C@@H](C)C[C@@H]1OP(=O)(O)OC[C@@H]1C[C@@H](O)CN1C(=O)CC(=O)NC(COCCC(=O)CCCCCC(=O)CCCCO[C@@H]1OC(CO)[C@H](O)[C@H](O)C1C)(COCCC(=O)CCCCCC(=O)CCCCO[C@@H]1OC(CO)[C@H](O)[C@H](O)C1C)COCCC(=O)NCCCCC(=O)CCCCO[C@@H]1OC(CO)[C@H](O)[C@H](O)C1C. The van der Waals surface area contributed by atoms with E-state index < -0.39 is 259 Å². The maximum atomic E-state index is 14.6. The van der Waals surface area contributed by atoms with Crippen molar-refractivity contribution in [2.45, 2.75) is 349 Å². The molecule has 49 heteroatoms. The number of ether oxygens (including phenoxy) is 13. The van der Waals surface area contributed by atoms with Crippen molar-refractivity contribution in [3.05, 3.63) is 0 Å². The van der Waals surface area contributed by atoms with E-state index in [0.29, 0.717) is 89.9 Å². The van der Waals surface area contributed by atoms with Crippen LogP contribution in [0.15, 0.2) is 0 Å². The third kappa shape index (κ3) is 44.6. The molecule has 6 aliphatic rings. The highest BCUT2D eigenvalue weighted by Crippen LogP contribution is 2.51. The summed E-state index contributed by atoms with van der Waals surface area (Å²) in [6.07, 6.45) is -10.6. The fourth-order valence-electron chi connectivity index (χ4n) is 16.4. The summed E-state index contributed by atoms with van der Waals surface area (Å²) in [5.74, 6) is -4.29. The number of phosphoric ester groups is 2. The number of ketones is 5. The number of Topliss-reactive ketones (excluding diaryl/α,β-unsaturated/α-hetero) is 5. The lowest BCUT2D eigenvalue weighted by molar-refractivity contribution is -0.282. The number of carbonyl (C=O) groups excluding carboxylic acids is 8. The first-order chi connectivity index (χ1) is 65.2. The van der Waals surface area contributed by atoms with Gasteiger partial charge in [0.05, 0.1) is 129 Å². The fourth-order valence-corrected chi connectivity index (χ4v) is 18.7. The molecule has 0 spiro atoms. The molecular formula is C88H156N3O43P3. The summed E-state index contributed by atoms with van der Waals surface area (Å²) in [7, 11) is -11.3. The lowest BCUT2D eigenvalue weighted by Crippen LogP contribution is -2.59. The summed E-state index contributed by atoms with van der Waals surface area (Å²) in [4.78, 5) is 146. The third-order valence-electron chi connectivity index (χ3n) is 24.7. The van der Waals surface area contributed by atoms with Gasteiger partial charge in [-0.15, -0.1) is 4.67 Å². The van der Waals surface area contributed by atoms with Gasteiger partial charge in [0.15, 0.2) is 18.9 Å². The number of hydrogen-bond acceptors (Lipinski definition) is 41. The highest BCUT2D eigenvalue weighted by molar-refractivity contribution is 7.58. The van der Waals surface area contributed by atoms with Crippen LogP contribution in [-0.2, 0) is 141 Å². The Morgan fingerprint density at radius 2 is 0.876 bits per heavy atom. The standard InChI is InChI=1S/C88H156N3O43P3/c1-56-43-68(72(127-56)51-124-134-137(113,114)133-84-73(52-125-135(8,110)116-7)128-60(5)83(84)120-42-41-115-6)132-136(111,112)126-50-61-44-67(100)46-91(61)76(103)45-75(102)90-88(53-117-38-31-65(98)25-13-9-11-23-62(95)28-16-20-35-121-85-57(2)77(104)80(107)69(47-92)129-85,54-118-39-32-66(99)26-14-10-12-24-63(96)29-17-21-36-122-86-58(3)78(105)81(108)70(48-93)130-86)55-119-40-33-74(101)89-34-19-15-27-64(97)30-18-22-37-123-87-59(4)79(106)82(109)71(49-94)131-87/h56-61,67-73,77-87,92-94,100,104-110H,8-55H2,1-7H3,(H,89,101)(H,90,102)(H,111,112)(H,113,114)/t56-,57?,58?,59?,60-,61-,67+,68-,69?,70?,71?,72+,73+,77+,78+,79+,80-,81-,82-,83-,84+,85+,86+,87+,88?,135?/m0/s1. The Balaban J connectivity index is 1.06. The number of phosphoric acid groups is 2. The van der Waals surface area contributed by atoms with E-state index in [9.17, 15) is 113 Å². The van der Waals surface area contributed by atoms with Crippen LogP contribution >= 0.6 is 23.2 Å². The molecule has 137 heavy (non-hydrogen) atoms. The molecule has 0 aromatic rings. The zero-order chi connectivity index (χ0) is 101. The Labute approximate surface area is 801 Å². The van der Waals surface area contributed by atoms with Crippen molar-refractivity contribution in [1.82, 2.24) is 15.5 Å². The first-order valence-corrected chi connectivity index (χ1v) is 52.6. The van der Waals surface area contributed by atoms with Crippen LogP contribution in [0.3, 0.4) is 0 Å². The summed E-state index contributed by atoms with van der Waals surface area (Å²) in [5.41, 5.74) is -1.74. The number of methoxy groups -OCH3 is 1. The van der Waals surface area contributed by atoms with E-state index >= 15 is 0 Å². The highest BCUT2D eigenvalue weighted by Gasteiger charge is 2.51. The average Bonchev–Trinajstić information content (AvgIpc) is 1.67. The van der Waals surface area contributed by atoms with Gasteiger partial charge in [-0.3, -0.25) is 51.9 Å². The fraction of sp³-hybridized carbons (Fsp3) is 0.898. The van der Waals surface area contributed by atoms with Gasteiger partial charge in [0, 0.05) is 142 Å². The van der Waals surface area contributed by atoms with Crippen molar-refractivity contribution in [2.24, 2.45) is 17.8 Å². The first-order valence-electron chi connectivity index (χ1n) is 47.8. The lowest BCUT2D eigenvalue weighted by atomic mass is 9.92. The summed E-state index contributed by atoms with van der Waals surface area (Å²) in [5, 5.41) is 107. The largest absolute Gasteiger partial charge is 0.499 e. The molecule has 46 nitrogen and oxygen atoms in total.